The van der Waals surface area contributed by atoms with Gasteiger partial charge in [-0.15, -0.1) is 0 Å². The van der Waals surface area contributed by atoms with E-state index < -0.39 is 6.17 Å². The summed E-state index contributed by atoms with van der Waals surface area (Å²) < 4.78 is 21.1. The van der Waals surface area contributed by atoms with Crippen molar-refractivity contribution in [1.29, 1.82) is 0 Å². The highest BCUT2D eigenvalue weighted by Crippen LogP contribution is 2.39. The Morgan fingerprint density at radius 1 is 1.00 bits per heavy atom. The number of nitrogens with zero attached hydrogens (tertiary/aromatic N) is 1. The number of halogens is 1. The molecule has 8 nitrogen and oxygen atoms in total. The zero-order valence-electron chi connectivity index (χ0n) is 16.5. The highest BCUT2D eigenvalue weighted by Gasteiger charge is 2.28. The smallest absolute Gasteiger partial charge is 0.327 e. The number of urea groups is 1. The average molecular weight is 420 g/mol. The van der Waals surface area contributed by atoms with E-state index in [1.54, 1.807) is 49.8 Å². The summed E-state index contributed by atoms with van der Waals surface area (Å²) in [5.74, 6) is 2.00. The molecule has 0 fully saturated rings. The zero-order chi connectivity index (χ0) is 21.0. The van der Waals surface area contributed by atoms with Crippen LogP contribution in [0.5, 0.6) is 23.0 Å². The van der Waals surface area contributed by atoms with E-state index >= 15 is 0 Å². The maximum atomic E-state index is 12.9. The number of hydrogen-bond acceptors (Lipinski definition) is 6. The SMILES string of the molecule is COc1ccc(NC(=O)N2C=CNC2c2cc(Cl)c(OC)c(OC)c2)cc1OC. The van der Waals surface area contributed by atoms with Gasteiger partial charge in [0.05, 0.1) is 33.5 Å². The third-order valence-electron chi connectivity index (χ3n) is 4.41. The number of carbonyl (C=O) groups is 1. The van der Waals surface area contributed by atoms with E-state index in [-0.39, 0.29) is 6.03 Å². The lowest BCUT2D eigenvalue weighted by Gasteiger charge is -2.25. The van der Waals surface area contributed by atoms with Gasteiger partial charge in [-0.2, -0.15) is 0 Å². The number of rotatable bonds is 6. The lowest BCUT2D eigenvalue weighted by molar-refractivity contribution is 0.214. The van der Waals surface area contributed by atoms with E-state index in [0.717, 1.165) is 5.56 Å². The number of carbonyl (C=O) groups excluding carboxylic acids is 1. The van der Waals surface area contributed by atoms with Gasteiger partial charge in [-0.3, -0.25) is 4.90 Å². The van der Waals surface area contributed by atoms with Crippen LogP contribution in [0.15, 0.2) is 42.7 Å². The molecule has 1 aliphatic rings. The first kappa shape index (κ1) is 20.5. The van der Waals surface area contributed by atoms with Gasteiger partial charge < -0.3 is 29.6 Å². The largest absolute Gasteiger partial charge is 0.493 e. The van der Waals surface area contributed by atoms with E-state index in [4.69, 9.17) is 30.5 Å². The summed E-state index contributed by atoms with van der Waals surface area (Å²) in [5.41, 5.74) is 1.30. The maximum absolute atomic E-state index is 12.9. The van der Waals surface area contributed by atoms with E-state index in [1.807, 2.05) is 0 Å². The normalized spacial score (nSPS) is 14.9. The van der Waals surface area contributed by atoms with Crippen LogP contribution in [-0.4, -0.2) is 39.4 Å². The van der Waals surface area contributed by atoms with E-state index in [1.165, 1.54) is 26.2 Å². The van der Waals surface area contributed by atoms with E-state index in [0.29, 0.717) is 33.7 Å². The Morgan fingerprint density at radius 3 is 2.38 bits per heavy atom. The summed E-state index contributed by atoms with van der Waals surface area (Å²) in [6.07, 6.45) is 2.86. The molecule has 0 spiro atoms. The maximum Gasteiger partial charge on any atom is 0.327 e. The van der Waals surface area contributed by atoms with Crippen molar-refractivity contribution in [2.45, 2.75) is 6.17 Å². The van der Waals surface area contributed by atoms with Gasteiger partial charge in [-0.1, -0.05) is 11.6 Å². The molecule has 0 saturated carbocycles. The van der Waals surface area contributed by atoms with Crippen LogP contribution in [-0.2, 0) is 0 Å². The second-order valence-electron chi connectivity index (χ2n) is 6.03. The van der Waals surface area contributed by atoms with Gasteiger partial charge in [-0.25, -0.2) is 4.79 Å². The Hall–Kier alpha value is -3.26. The van der Waals surface area contributed by atoms with Crippen LogP contribution in [0.4, 0.5) is 10.5 Å². The first-order chi connectivity index (χ1) is 14.0. The fourth-order valence-corrected chi connectivity index (χ4v) is 3.32. The molecular weight excluding hydrogens is 398 g/mol. The molecule has 1 heterocycles. The summed E-state index contributed by atoms with van der Waals surface area (Å²) in [5, 5.41) is 6.36. The lowest BCUT2D eigenvalue weighted by atomic mass is 10.1. The van der Waals surface area contributed by atoms with Crippen LogP contribution in [0.3, 0.4) is 0 Å². The molecule has 2 amide bonds. The molecule has 1 atom stereocenters. The summed E-state index contributed by atoms with van der Waals surface area (Å²) in [4.78, 5) is 14.4. The molecular formula is C20H22ClN3O5. The van der Waals surface area contributed by atoms with E-state index in [2.05, 4.69) is 10.6 Å². The first-order valence-electron chi connectivity index (χ1n) is 8.67. The van der Waals surface area contributed by atoms with Crippen molar-refractivity contribution in [2.24, 2.45) is 0 Å². The van der Waals surface area contributed by atoms with Crippen LogP contribution in [0.1, 0.15) is 11.7 Å². The standard InChI is InChI=1S/C20H22ClN3O5/c1-26-15-6-5-13(11-16(15)27-2)23-20(25)24-8-7-22-19(24)12-9-14(21)18(29-4)17(10-12)28-3/h5-11,19,22H,1-4H3,(H,23,25). The van der Waals surface area contributed by atoms with Gasteiger partial charge in [0, 0.05) is 29.7 Å². The Balaban J connectivity index is 1.83. The number of amides is 2. The first-order valence-corrected chi connectivity index (χ1v) is 9.05. The lowest BCUT2D eigenvalue weighted by Crippen LogP contribution is -2.35. The number of nitrogens with one attached hydrogen (secondary N) is 2. The van der Waals surface area contributed by atoms with Crippen molar-refractivity contribution < 1.29 is 23.7 Å². The molecule has 0 bridgehead atoms. The average Bonchev–Trinajstić information content (AvgIpc) is 3.23. The molecule has 0 radical (unpaired) electrons. The molecule has 3 rings (SSSR count). The van der Waals surface area contributed by atoms with Crippen molar-refractivity contribution in [3.05, 3.63) is 53.3 Å². The van der Waals surface area contributed by atoms with Crippen LogP contribution in [0.2, 0.25) is 5.02 Å². The minimum Gasteiger partial charge on any atom is -0.493 e. The third kappa shape index (κ3) is 4.12. The highest BCUT2D eigenvalue weighted by atomic mass is 35.5. The Labute approximate surface area is 173 Å². The molecule has 29 heavy (non-hydrogen) atoms. The summed E-state index contributed by atoms with van der Waals surface area (Å²) in [6, 6.07) is 8.30. The fourth-order valence-electron chi connectivity index (χ4n) is 3.02. The van der Waals surface area contributed by atoms with Gasteiger partial charge in [0.25, 0.3) is 0 Å². The monoisotopic (exact) mass is 419 g/mol. The molecule has 0 aromatic heterocycles. The molecule has 2 aromatic carbocycles. The second-order valence-corrected chi connectivity index (χ2v) is 6.44. The van der Waals surface area contributed by atoms with Crippen LogP contribution < -0.4 is 29.6 Å². The molecule has 0 aliphatic carbocycles. The second kappa shape index (κ2) is 8.83. The molecule has 154 valence electrons. The fraction of sp³-hybridized carbons (Fsp3) is 0.250. The van der Waals surface area contributed by atoms with Crippen molar-refractivity contribution >= 4 is 23.3 Å². The Morgan fingerprint density at radius 2 is 1.72 bits per heavy atom. The van der Waals surface area contributed by atoms with Crippen molar-refractivity contribution in [1.82, 2.24) is 10.2 Å². The van der Waals surface area contributed by atoms with Crippen molar-refractivity contribution in [3.63, 3.8) is 0 Å². The van der Waals surface area contributed by atoms with Gasteiger partial charge in [0.1, 0.15) is 6.17 Å². The van der Waals surface area contributed by atoms with Crippen LogP contribution in [0, 0.1) is 0 Å². The number of hydrogen-bond donors (Lipinski definition) is 2. The quantitative estimate of drug-likeness (QED) is 0.737. The molecule has 2 aromatic rings. The number of ether oxygens (including phenoxy) is 4. The van der Waals surface area contributed by atoms with Crippen molar-refractivity contribution in [3.8, 4) is 23.0 Å². The minimum atomic E-state index is -0.465. The molecule has 1 aliphatic heterocycles. The molecule has 1 unspecified atom stereocenters. The predicted octanol–water partition coefficient (Wildman–Crippen LogP) is 3.98. The molecule has 0 saturated heterocycles. The van der Waals surface area contributed by atoms with Crippen LogP contribution >= 0.6 is 11.6 Å². The topological polar surface area (TPSA) is 81.3 Å². The van der Waals surface area contributed by atoms with Crippen molar-refractivity contribution in [2.75, 3.05) is 33.8 Å². The Kier molecular flexibility index (Phi) is 6.23. The van der Waals surface area contributed by atoms with E-state index in [9.17, 15) is 4.79 Å². The van der Waals surface area contributed by atoms with Crippen LogP contribution in [0.25, 0.3) is 0 Å². The minimum absolute atomic E-state index is 0.339. The van der Waals surface area contributed by atoms with Gasteiger partial charge in [0.15, 0.2) is 23.0 Å². The summed E-state index contributed by atoms with van der Waals surface area (Å²) >= 11 is 6.31. The van der Waals surface area contributed by atoms with Gasteiger partial charge in [-0.05, 0) is 24.3 Å². The zero-order valence-corrected chi connectivity index (χ0v) is 17.2. The number of methoxy groups -OCH3 is 4. The predicted molar refractivity (Wildman–Crippen MR) is 110 cm³/mol. The molecule has 2 N–H and O–H groups in total. The highest BCUT2D eigenvalue weighted by molar-refractivity contribution is 6.32. The Bertz CT molecular complexity index is 935. The molecule has 9 heteroatoms. The van der Waals surface area contributed by atoms with Gasteiger partial charge >= 0.3 is 6.03 Å². The number of benzene rings is 2. The third-order valence-corrected chi connectivity index (χ3v) is 4.69. The summed E-state index contributed by atoms with van der Waals surface area (Å²) in [6.45, 7) is 0. The number of anilines is 1. The summed E-state index contributed by atoms with van der Waals surface area (Å²) in [7, 11) is 6.13. The van der Waals surface area contributed by atoms with Gasteiger partial charge in [0.2, 0.25) is 0 Å².